The van der Waals surface area contributed by atoms with Crippen molar-refractivity contribution in [3.8, 4) is 0 Å². The summed E-state index contributed by atoms with van der Waals surface area (Å²) in [5.74, 6) is 0.834. The summed E-state index contributed by atoms with van der Waals surface area (Å²) in [7, 11) is -1.58. The van der Waals surface area contributed by atoms with E-state index < -0.39 is 10.0 Å². The summed E-state index contributed by atoms with van der Waals surface area (Å²) in [6.45, 7) is 4.01. The third kappa shape index (κ3) is 6.00. The van der Waals surface area contributed by atoms with Crippen LogP contribution in [0, 0.1) is 0 Å². The molecule has 2 aliphatic heterocycles. The van der Waals surface area contributed by atoms with Crippen LogP contribution in [0.3, 0.4) is 0 Å². The van der Waals surface area contributed by atoms with Gasteiger partial charge in [-0.15, -0.1) is 24.0 Å². The number of hydrogen-bond donors (Lipinski definition) is 1. The standard InChI is InChI=1S/C23H30N4O3S.HI/c1-24-23(26-11-10-19-6-2-4-8-21(19)17-26)25-16-20-7-3-5-9-22(20)18-31(28,29)27-12-14-30-15-13-27;/h2-9H,10-18H2,1H3,(H,24,25);1H. The molecule has 0 radical (unpaired) electrons. The number of sulfonamides is 1. The Balaban J connectivity index is 0.00000289. The molecule has 0 aromatic heterocycles. The van der Waals surface area contributed by atoms with Crippen LogP contribution in [-0.2, 0) is 40.0 Å². The molecular weight excluding hydrogens is 539 g/mol. The van der Waals surface area contributed by atoms with E-state index in [2.05, 4.69) is 39.5 Å². The molecule has 1 fully saturated rings. The van der Waals surface area contributed by atoms with E-state index in [4.69, 9.17) is 4.74 Å². The lowest BCUT2D eigenvalue weighted by molar-refractivity contribution is 0.0729. The highest BCUT2D eigenvalue weighted by molar-refractivity contribution is 14.0. The first kappa shape index (κ1) is 24.9. The number of morpholine rings is 1. The smallest absolute Gasteiger partial charge is 0.218 e. The van der Waals surface area contributed by atoms with Gasteiger partial charge in [0.2, 0.25) is 10.0 Å². The maximum Gasteiger partial charge on any atom is 0.218 e. The molecule has 7 nitrogen and oxygen atoms in total. The fourth-order valence-electron chi connectivity index (χ4n) is 4.17. The molecule has 4 rings (SSSR count). The second kappa shape index (κ2) is 11.4. The maximum atomic E-state index is 12.9. The first-order chi connectivity index (χ1) is 15.1. The molecule has 0 spiro atoms. The van der Waals surface area contributed by atoms with Gasteiger partial charge in [-0.1, -0.05) is 48.5 Å². The molecule has 9 heteroatoms. The molecule has 0 saturated carbocycles. The molecule has 1 N–H and O–H groups in total. The molecule has 32 heavy (non-hydrogen) atoms. The van der Waals surface area contributed by atoms with Gasteiger partial charge in [0.05, 0.1) is 19.0 Å². The highest BCUT2D eigenvalue weighted by atomic mass is 127. The van der Waals surface area contributed by atoms with Gasteiger partial charge in [-0.05, 0) is 28.7 Å². The second-order valence-corrected chi connectivity index (χ2v) is 9.85. The lowest BCUT2D eigenvalue weighted by Gasteiger charge is -2.32. The lowest BCUT2D eigenvalue weighted by Crippen LogP contribution is -2.44. The van der Waals surface area contributed by atoms with Crippen LogP contribution >= 0.6 is 24.0 Å². The largest absolute Gasteiger partial charge is 0.379 e. The minimum absolute atomic E-state index is 0. The number of nitrogens with one attached hydrogen (secondary N) is 1. The van der Waals surface area contributed by atoms with Crippen LogP contribution in [0.25, 0.3) is 0 Å². The van der Waals surface area contributed by atoms with Gasteiger partial charge in [0.1, 0.15) is 0 Å². The Morgan fingerprint density at radius 2 is 1.66 bits per heavy atom. The van der Waals surface area contributed by atoms with Crippen LogP contribution in [0.4, 0.5) is 0 Å². The molecule has 2 aliphatic rings. The number of guanidine groups is 1. The van der Waals surface area contributed by atoms with Crippen LogP contribution in [0.2, 0.25) is 0 Å². The van der Waals surface area contributed by atoms with Crippen molar-refractivity contribution < 1.29 is 13.2 Å². The quantitative estimate of drug-likeness (QED) is 0.340. The van der Waals surface area contributed by atoms with Crippen molar-refractivity contribution in [3.05, 3.63) is 70.8 Å². The molecule has 0 bridgehead atoms. The topological polar surface area (TPSA) is 74.2 Å². The monoisotopic (exact) mass is 570 g/mol. The maximum absolute atomic E-state index is 12.9. The van der Waals surface area contributed by atoms with Gasteiger partial charge in [0.25, 0.3) is 0 Å². The molecule has 174 valence electrons. The van der Waals surface area contributed by atoms with E-state index in [1.165, 1.54) is 15.4 Å². The molecule has 0 aliphatic carbocycles. The van der Waals surface area contributed by atoms with E-state index in [9.17, 15) is 8.42 Å². The second-order valence-electron chi connectivity index (χ2n) is 7.88. The fourth-order valence-corrected chi connectivity index (χ4v) is 5.73. The highest BCUT2D eigenvalue weighted by Crippen LogP contribution is 2.19. The normalized spacial score (nSPS) is 17.4. The average Bonchev–Trinajstić information content (AvgIpc) is 2.81. The first-order valence-electron chi connectivity index (χ1n) is 10.7. The number of fused-ring (bicyclic) bond motifs is 1. The Bertz CT molecular complexity index is 1040. The van der Waals surface area contributed by atoms with E-state index >= 15 is 0 Å². The van der Waals surface area contributed by atoms with Gasteiger partial charge in [-0.3, -0.25) is 4.99 Å². The molecular formula is C23H31IN4O3S. The van der Waals surface area contributed by atoms with Crippen molar-refractivity contribution in [3.63, 3.8) is 0 Å². The summed E-state index contributed by atoms with van der Waals surface area (Å²) in [4.78, 5) is 6.71. The van der Waals surface area contributed by atoms with Crippen molar-refractivity contribution in [1.29, 1.82) is 0 Å². The summed E-state index contributed by atoms with van der Waals surface area (Å²) in [6.07, 6.45) is 0.991. The van der Waals surface area contributed by atoms with Crippen molar-refractivity contribution in [2.24, 2.45) is 4.99 Å². The van der Waals surface area contributed by atoms with Gasteiger partial charge < -0.3 is 15.0 Å². The minimum atomic E-state index is -3.37. The summed E-state index contributed by atoms with van der Waals surface area (Å²) in [6, 6.07) is 16.2. The van der Waals surface area contributed by atoms with Crippen molar-refractivity contribution >= 4 is 40.0 Å². The van der Waals surface area contributed by atoms with Gasteiger partial charge in [-0.2, -0.15) is 4.31 Å². The van der Waals surface area contributed by atoms with Crippen molar-refractivity contribution in [1.82, 2.24) is 14.5 Å². The predicted octanol–water partition coefficient (Wildman–Crippen LogP) is 2.60. The van der Waals surface area contributed by atoms with Crippen molar-refractivity contribution in [2.45, 2.75) is 25.3 Å². The number of benzene rings is 2. The van der Waals surface area contributed by atoms with Crippen LogP contribution in [-0.4, -0.2) is 63.5 Å². The van der Waals surface area contributed by atoms with E-state index in [1.54, 1.807) is 7.05 Å². The molecule has 0 atom stereocenters. The number of aliphatic imine (C=N–C) groups is 1. The molecule has 2 aromatic rings. The number of hydrogen-bond acceptors (Lipinski definition) is 4. The van der Waals surface area contributed by atoms with Crippen molar-refractivity contribution in [2.75, 3.05) is 39.9 Å². The zero-order valence-corrected chi connectivity index (χ0v) is 21.5. The fraction of sp³-hybridized carbons (Fsp3) is 0.435. The zero-order valence-electron chi connectivity index (χ0n) is 18.4. The van der Waals surface area contributed by atoms with Crippen LogP contribution in [0.15, 0.2) is 53.5 Å². The Hall–Kier alpha value is -1.69. The third-order valence-electron chi connectivity index (χ3n) is 5.90. The van der Waals surface area contributed by atoms with Gasteiger partial charge in [-0.25, -0.2) is 8.42 Å². The van der Waals surface area contributed by atoms with E-state index in [0.29, 0.717) is 32.8 Å². The van der Waals surface area contributed by atoms with Crippen LogP contribution in [0.1, 0.15) is 22.3 Å². The molecule has 0 unspecified atom stereocenters. The molecule has 1 saturated heterocycles. The zero-order chi connectivity index (χ0) is 21.7. The Morgan fingerprint density at radius 1 is 1.00 bits per heavy atom. The van der Waals surface area contributed by atoms with E-state index in [0.717, 1.165) is 36.6 Å². The molecule has 0 amide bonds. The van der Waals surface area contributed by atoms with Gasteiger partial charge in [0.15, 0.2) is 5.96 Å². The summed E-state index contributed by atoms with van der Waals surface area (Å²) in [5.41, 5.74) is 4.51. The SMILES string of the molecule is CN=C(NCc1ccccc1CS(=O)(=O)N1CCOCC1)N1CCc2ccccc2C1.I. The number of halogens is 1. The summed E-state index contributed by atoms with van der Waals surface area (Å²) < 4.78 is 32.6. The Morgan fingerprint density at radius 3 is 2.38 bits per heavy atom. The predicted molar refractivity (Wildman–Crippen MR) is 138 cm³/mol. The van der Waals surface area contributed by atoms with Crippen LogP contribution in [0.5, 0.6) is 0 Å². The van der Waals surface area contributed by atoms with Gasteiger partial charge >= 0.3 is 0 Å². The average molecular weight is 570 g/mol. The number of ether oxygens (including phenoxy) is 1. The first-order valence-corrected chi connectivity index (χ1v) is 12.3. The molecule has 2 aromatic carbocycles. The molecule has 2 heterocycles. The summed E-state index contributed by atoms with van der Waals surface area (Å²) >= 11 is 0. The Kier molecular flexibility index (Phi) is 8.92. The highest BCUT2D eigenvalue weighted by Gasteiger charge is 2.25. The number of rotatable bonds is 5. The van der Waals surface area contributed by atoms with Crippen LogP contribution < -0.4 is 5.32 Å². The third-order valence-corrected chi connectivity index (χ3v) is 7.73. The summed E-state index contributed by atoms with van der Waals surface area (Å²) in [5, 5.41) is 3.44. The van der Waals surface area contributed by atoms with E-state index in [1.807, 2.05) is 24.3 Å². The number of nitrogens with zero attached hydrogens (tertiary/aromatic N) is 3. The minimum Gasteiger partial charge on any atom is -0.379 e. The Labute approximate surface area is 207 Å². The van der Waals surface area contributed by atoms with E-state index in [-0.39, 0.29) is 29.7 Å². The lowest BCUT2D eigenvalue weighted by atomic mass is 10.0. The van der Waals surface area contributed by atoms with Gasteiger partial charge in [0, 0.05) is 39.8 Å².